The van der Waals surface area contributed by atoms with Gasteiger partial charge in [-0.2, -0.15) is 0 Å². The molecule has 1 aromatic heterocycles. The van der Waals surface area contributed by atoms with Gasteiger partial charge in [-0.25, -0.2) is 4.98 Å². The van der Waals surface area contributed by atoms with Gasteiger partial charge in [0.05, 0.1) is 27.4 Å². The fraction of sp³-hybridized carbons (Fsp3) is 0.286. The topological polar surface area (TPSA) is 57.5 Å². The maximum Gasteiger partial charge on any atom is 0.130 e. The summed E-state index contributed by atoms with van der Waals surface area (Å²) in [5.41, 5.74) is 2.09. The number of ether oxygens (including phenoxy) is 3. The molecule has 27 heavy (non-hydrogen) atoms. The van der Waals surface area contributed by atoms with E-state index < -0.39 is 0 Å². The van der Waals surface area contributed by atoms with E-state index in [2.05, 4.69) is 10.3 Å². The second kappa shape index (κ2) is 8.60. The summed E-state index contributed by atoms with van der Waals surface area (Å²) in [7, 11) is 6.96. The minimum Gasteiger partial charge on any atom is -0.497 e. The highest BCUT2D eigenvalue weighted by Crippen LogP contribution is 2.30. The van der Waals surface area contributed by atoms with Crippen LogP contribution in [0.4, 0.5) is 0 Å². The number of aromatic nitrogens is 2. The van der Waals surface area contributed by atoms with Gasteiger partial charge in [-0.05, 0) is 23.8 Å². The van der Waals surface area contributed by atoms with Gasteiger partial charge in [-0.1, -0.05) is 18.2 Å². The van der Waals surface area contributed by atoms with Crippen molar-refractivity contribution in [3.05, 3.63) is 71.8 Å². The molecule has 0 bridgehead atoms. The Morgan fingerprint density at radius 2 is 1.70 bits per heavy atom. The van der Waals surface area contributed by atoms with Crippen LogP contribution in [-0.4, -0.2) is 30.9 Å². The second-order valence-corrected chi connectivity index (χ2v) is 6.17. The third-order valence-corrected chi connectivity index (χ3v) is 4.51. The Hall–Kier alpha value is -2.99. The van der Waals surface area contributed by atoms with Crippen molar-refractivity contribution in [2.24, 2.45) is 7.05 Å². The Morgan fingerprint density at radius 3 is 2.30 bits per heavy atom. The Morgan fingerprint density at radius 1 is 1.00 bits per heavy atom. The van der Waals surface area contributed by atoms with Crippen LogP contribution < -0.4 is 19.5 Å². The first-order valence-electron chi connectivity index (χ1n) is 8.71. The Labute approximate surface area is 159 Å². The molecular weight excluding hydrogens is 342 g/mol. The first-order chi connectivity index (χ1) is 13.2. The summed E-state index contributed by atoms with van der Waals surface area (Å²) in [6.45, 7) is 0.626. The van der Waals surface area contributed by atoms with Gasteiger partial charge in [0, 0.05) is 37.6 Å². The van der Waals surface area contributed by atoms with Gasteiger partial charge < -0.3 is 18.8 Å². The first kappa shape index (κ1) is 18.8. The number of nitrogens with zero attached hydrogens (tertiary/aromatic N) is 2. The molecule has 3 rings (SSSR count). The number of rotatable bonds is 8. The van der Waals surface area contributed by atoms with Crippen LogP contribution in [0.3, 0.4) is 0 Å². The van der Waals surface area contributed by atoms with E-state index >= 15 is 0 Å². The number of benzene rings is 2. The van der Waals surface area contributed by atoms with Gasteiger partial charge in [0.15, 0.2) is 0 Å². The summed E-state index contributed by atoms with van der Waals surface area (Å²) in [6.07, 6.45) is 3.73. The summed E-state index contributed by atoms with van der Waals surface area (Å²) in [5, 5.41) is 3.60. The van der Waals surface area contributed by atoms with E-state index in [9.17, 15) is 0 Å². The van der Waals surface area contributed by atoms with Crippen LogP contribution in [0.15, 0.2) is 54.9 Å². The third-order valence-electron chi connectivity index (χ3n) is 4.51. The van der Waals surface area contributed by atoms with Crippen molar-refractivity contribution in [3.8, 4) is 17.2 Å². The van der Waals surface area contributed by atoms with Gasteiger partial charge >= 0.3 is 0 Å². The van der Waals surface area contributed by atoms with Crippen LogP contribution in [-0.2, 0) is 13.6 Å². The normalized spacial score (nSPS) is 11.9. The van der Waals surface area contributed by atoms with Crippen LogP contribution in [0, 0.1) is 0 Å². The molecule has 0 saturated carbocycles. The van der Waals surface area contributed by atoms with Crippen molar-refractivity contribution in [1.82, 2.24) is 14.9 Å². The SMILES string of the molecule is COc1cc(OC)cc(C(NCc2ccccc2OC)c2nccn2C)c1. The maximum absolute atomic E-state index is 5.47. The molecule has 0 radical (unpaired) electrons. The highest BCUT2D eigenvalue weighted by Gasteiger charge is 2.20. The quantitative estimate of drug-likeness (QED) is 0.662. The van der Waals surface area contributed by atoms with E-state index in [4.69, 9.17) is 14.2 Å². The zero-order valence-electron chi connectivity index (χ0n) is 16.1. The zero-order chi connectivity index (χ0) is 19.2. The van der Waals surface area contributed by atoms with Crippen LogP contribution in [0.1, 0.15) is 23.0 Å². The molecule has 0 aliphatic heterocycles. The van der Waals surface area contributed by atoms with E-state index in [-0.39, 0.29) is 6.04 Å². The zero-order valence-corrected chi connectivity index (χ0v) is 16.1. The molecular formula is C21H25N3O3. The number of para-hydroxylation sites is 1. The van der Waals surface area contributed by atoms with E-state index in [1.165, 1.54) is 0 Å². The molecule has 2 aromatic carbocycles. The van der Waals surface area contributed by atoms with Crippen LogP contribution in [0.5, 0.6) is 17.2 Å². The van der Waals surface area contributed by atoms with Gasteiger partial charge in [-0.15, -0.1) is 0 Å². The van der Waals surface area contributed by atoms with Crippen LogP contribution in [0.2, 0.25) is 0 Å². The third kappa shape index (κ3) is 4.23. The van der Waals surface area contributed by atoms with Crippen LogP contribution in [0.25, 0.3) is 0 Å². The Bertz CT molecular complexity index is 870. The molecule has 0 saturated heterocycles. The second-order valence-electron chi connectivity index (χ2n) is 6.17. The van der Waals surface area contributed by atoms with Gasteiger partial charge in [0.1, 0.15) is 23.1 Å². The number of imidazole rings is 1. The summed E-state index contributed by atoms with van der Waals surface area (Å²) < 4.78 is 18.4. The maximum atomic E-state index is 5.47. The van der Waals surface area contributed by atoms with Crippen molar-refractivity contribution in [3.63, 3.8) is 0 Å². The lowest BCUT2D eigenvalue weighted by Crippen LogP contribution is -2.25. The lowest BCUT2D eigenvalue weighted by atomic mass is 10.0. The molecule has 0 aliphatic rings. The molecule has 1 atom stereocenters. The lowest BCUT2D eigenvalue weighted by Gasteiger charge is -2.21. The lowest BCUT2D eigenvalue weighted by molar-refractivity contribution is 0.391. The number of hydrogen-bond donors (Lipinski definition) is 1. The summed E-state index contributed by atoms with van der Waals surface area (Å²) in [5.74, 6) is 3.23. The molecule has 0 spiro atoms. The summed E-state index contributed by atoms with van der Waals surface area (Å²) in [4.78, 5) is 4.55. The molecule has 0 fully saturated rings. The standard InChI is InChI=1S/C21H25N3O3/c1-24-10-9-22-21(24)20(16-11-17(25-2)13-18(12-16)26-3)23-14-15-7-5-6-8-19(15)27-4/h5-13,20,23H,14H2,1-4H3. The van der Waals surface area contributed by atoms with Crippen molar-refractivity contribution in [2.45, 2.75) is 12.6 Å². The fourth-order valence-electron chi connectivity index (χ4n) is 3.07. The molecule has 1 N–H and O–H groups in total. The highest BCUT2D eigenvalue weighted by molar-refractivity contribution is 5.42. The average Bonchev–Trinajstić information content (AvgIpc) is 3.13. The van der Waals surface area contributed by atoms with Gasteiger partial charge in [0.25, 0.3) is 0 Å². The van der Waals surface area contributed by atoms with Crippen molar-refractivity contribution >= 4 is 0 Å². The number of aryl methyl sites for hydroxylation is 1. The Balaban J connectivity index is 1.96. The van der Waals surface area contributed by atoms with E-state index in [1.807, 2.05) is 60.3 Å². The fourth-order valence-corrected chi connectivity index (χ4v) is 3.07. The molecule has 142 valence electrons. The largest absolute Gasteiger partial charge is 0.497 e. The van der Waals surface area contributed by atoms with Crippen molar-refractivity contribution in [1.29, 1.82) is 0 Å². The van der Waals surface area contributed by atoms with Crippen LogP contribution >= 0.6 is 0 Å². The monoisotopic (exact) mass is 367 g/mol. The number of methoxy groups -OCH3 is 3. The molecule has 3 aromatic rings. The summed E-state index contributed by atoms with van der Waals surface area (Å²) >= 11 is 0. The highest BCUT2D eigenvalue weighted by atomic mass is 16.5. The number of nitrogens with one attached hydrogen (secondary N) is 1. The molecule has 1 unspecified atom stereocenters. The number of hydrogen-bond acceptors (Lipinski definition) is 5. The molecule has 1 heterocycles. The molecule has 0 aliphatic carbocycles. The van der Waals surface area contributed by atoms with Gasteiger partial charge in [-0.3, -0.25) is 5.32 Å². The predicted octanol–water partition coefficient (Wildman–Crippen LogP) is 3.33. The predicted molar refractivity (Wildman–Crippen MR) is 104 cm³/mol. The molecule has 6 nitrogen and oxygen atoms in total. The van der Waals surface area contributed by atoms with Crippen molar-refractivity contribution in [2.75, 3.05) is 21.3 Å². The summed E-state index contributed by atoms with van der Waals surface area (Å²) in [6, 6.07) is 13.7. The molecule has 0 amide bonds. The van der Waals surface area contributed by atoms with E-state index in [0.717, 1.165) is 34.2 Å². The van der Waals surface area contributed by atoms with Gasteiger partial charge in [0.2, 0.25) is 0 Å². The molecule has 6 heteroatoms. The Kier molecular flexibility index (Phi) is 5.98. The van der Waals surface area contributed by atoms with E-state index in [1.54, 1.807) is 27.5 Å². The van der Waals surface area contributed by atoms with Crippen molar-refractivity contribution < 1.29 is 14.2 Å². The average molecular weight is 367 g/mol. The minimum atomic E-state index is -0.140. The van der Waals surface area contributed by atoms with E-state index in [0.29, 0.717) is 6.54 Å². The smallest absolute Gasteiger partial charge is 0.130 e. The minimum absolute atomic E-state index is 0.140. The first-order valence-corrected chi connectivity index (χ1v) is 8.71.